The van der Waals surface area contributed by atoms with Gasteiger partial charge in [-0.15, -0.1) is 0 Å². The highest BCUT2D eigenvalue weighted by Gasteiger charge is 2.26. The summed E-state index contributed by atoms with van der Waals surface area (Å²) in [6, 6.07) is 15.5. The van der Waals surface area contributed by atoms with Crippen LogP contribution in [0.15, 0.2) is 60.9 Å². The Morgan fingerprint density at radius 1 is 1.06 bits per heavy atom. The maximum Gasteiger partial charge on any atom is 0.255 e. The minimum Gasteiger partial charge on any atom is -0.348 e. The standard InChI is InChI=1S/C25H29N5O2/c1-29-18-22(25(32)27-17-20-7-3-2-4-8-20)23(28-29)15-19-10-13-30(14-11-19)24(31)16-21-9-5-6-12-26-21/h2-9,12,18-19H,10-11,13-17H2,1H3,(H,27,32). The van der Waals surface area contributed by atoms with Crippen LogP contribution in [0, 0.1) is 5.92 Å². The van der Waals surface area contributed by atoms with Crippen molar-refractivity contribution in [2.75, 3.05) is 13.1 Å². The predicted molar refractivity (Wildman–Crippen MR) is 122 cm³/mol. The average molecular weight is 432 g/mol. The number of nitrogens with zero attached hydrogens (tertiary/aromatic N) is 4. The molecular weight excluding hydrogens is 402 g/mol. The molecule has 0 spiro atoms. The maximum absolute atomic E-state index is 12.8. The van der Waals surface area contributed by atoms with Crippen LogP contribution in [0.25, 0.3) is 0 Å². The van der Waals surface area contributed by atoms with E-state index in [2.05, 4.69) is 15.4 Å². The summed E-state index contributed by atoms with van der Waals surface area (Å²) in [5.41, 5.74) is 3.33. The fraction of sp³-hybridized carbons (Fsp3) is 0.360. The van der Waals surface area contributed by atoms with E-state index in [4.69, 9.17) is 0 Å². The number of rotatable bonds is 7. The van der Waals surface area contributed by atoms with E-state index in [1.165, 1.54) is 0 Å². The molecule has 3 heterocycles. The van der Waals surface area contributed by atoms with Gasteiger partial charge in [-0.05, 0) is 42.9 Å². The first-order valence-electron chi connectivity index (χ1n) is 11.1. The summed E-state index contributed by atoms with van der Waals surface area (Å²) >= 11 is 0. The number of pyridine rings is 1. The largest absolute Gasteiger partial charge is 0.348 e. The van der Waals surface area contributed by atoms with Crippen molar-refractivity contribution in [1.82, 2.24) is 25.0 Å². The zero-order chi connectivity index (χ0) is 22.3. The Kier molecular flexibility index (Phi) is 6.94. The molecule has 0 bridgehead atoms. The summed E-state index contributed by atoms with van der Waals surface area (Å²) < 4.78 is 1.71. The van der Waals surface area contributed by atoms with E-state index in [-0.39, 0.29) is 11.8 Å². The lowest BCUT2D eigenvalue weighted by molar-refractivity contribution is -0.131. The van der Waals surface area contributed by atoms with Crippen LogP contribution in [-0.2, 0) is 31.2 Å². The van der Waals surface area contributed by atoms with Gasteiger partial charge in [-0.1, -0.05) is 36.4 Å². The van der Waals surface area contributed by atoms with Gasteiger partial charge >= 0.3 is 0 Å². The number of carbonyl (C=O) groups excluding carboxylic acids is 2. The fourth-order valence-electron chi connectivity index (χ4n) is 4.18. The lowest BCUT2D eigenvalue weighted by atomic mass is 9.91. The first kappa shape index (κ1) is 21.7. The van der Waals surface area contributed by atoms with Crippen molar-refractivity contribution >= 4 is 11.8 Å². The van der Waals surface area contributed by atoms with Gasteiger partial charge in [0.15, 0.2) is 0 Å². The van der Waals surface area contributed by atoms with E-state index in [0.29, 0.717) is 24.4 Å². The number of carbonyl (C=O) groups is 2. The van der Waals surface area contributed by atoms with Crippen molar-refractivity contribution in [1.29, 1.82) is 0 Å². The molecule has 4 rings (SSSR count). The Morgan fingerprint density at radius 2 is 1.81 bits per heavy atom. The number of nitrogens with one attached hydrogen (secondary N) is 1. The molecule has 2 amide bonds. The summed E-state index contributed by atoms with van der Waals surface area (Å²) in [6.07, 6.45) is 6.43. The molecule has 3 aromatic rings. The number of piperidine rings is 1. The number of likely N-dealkylation sites (tertiary alicyclic amines) is 1. The van der Waals surface area contributed by atoms with Crippen LogP contribution in [0.5, 0.6) is 0 Å². The van der Waals surface area contributed by atoms with E-state index in [1.807, 2.05) is 60.5 Å². The van der Waals surface area contributed by atoms with Gasteiger partial charge in [-0.3, -0.25) is 19.3 Å². The number of hydrogen-bond acceptors (Lipinski definition) is 4. The monoisotopic (exact) mass is 431 g/mol. The van der Waals surface area contributed by atoms with E-state index in [9.17, 15) is 9.59 Å². The van der Waals surface area contributed by atoms with Crippen LogP contribution in [0.2, 0.25) is 0 Å². The SMILES string of the molecule is Cn1cc(C(=O)NCc2ccccc2)c(CC2CCN(C(=O)Cc3ccccn3)CC2)n1. The molecule has 1 saturated heterocycles. The van der Waals surface area contributed by atoms with Crippen molar-refractivity contribution < 1.29 is 9.59 Å². The van der Waals surface area contributed by atoms with Gasteiger partial charge in [0, 0.05) is 44.8 Å². The molecule has 1 aliphatic rings. The topological polar surface area (TPSA) is 80.1 Å². The highest BCUT2D eigenvalue weighted by atomic mass is 16.2. The molecule has 1 aromatic carbocycles. The Hall–Kier alpha value is -3.48. The lowest BCUT2D eigenvalue weighted by Crippen LogP contribution is -2.40. The van der Waals surface area contributed by atoms with Crippen LogP contribution >= 0.6 is 0 Å². The molecule has 7 nitrogen and oxygen atoms in total. The zero-order valence-corrected chi connectivity index (χ0v) is 18.4. The summed E-state index contributed by atoms with van der Waals surface area (Å²) in [5, 5.41) is 7.56. The van der Waals surface area contributed by atoms with Crippen LogP contribution in [0.3, 0.4) is 0 Å². The first-order chi connectivity index (χ1) is 15.6. The van der Waals surface area contributed by atoms with Gasteiger partial charge in [0.25, 0.3) is 5.91 Å². The van der Waals surface area contributed by atoms with Crippen LogP contribution in [-0.4, -0.2) is 44.6 Å². The van der Waals surface area contributed by atoms with Crippen LogP contribution in [0.4, 0.5) is 0 Å². The third kappa shape index (κ3) is 5.60. The van der Waals surface area contributed by atoms with Gasteiger partial charge in [-0.2, -0.15) is 5.10 Å². The van der Waals surface area contributed by atoms with E-state index < -0.39 is 0 Å². The highest BCUT2D eigenvalue weighted by Crippen LogP contribution is 2.23. The van der Waals surface area contributed by atoms with Crippen molar-refractivity contribution in [3.8, 4) is 0 Å². The number of benzene rings is 1. The van der Waals surface area contributed by atoms with Crippen LogP contribution in [0.1, 0.15) is 40.2 Å². The fourth-order valence-corrected chi connectivity index (χ4v) is 4.18. The lowest BCUT2D eigenvalue weighted by Gasteiger charge is -2.32. The minimum absolute atomic E-state index is 0.0973. The molecular formula is C25H29N5O2. The highest BCUT2D eigenvalue weighted by molar-refractivity contribution is 5.95. The quantitative estimate of drug-likeness (QED) is 0.624. The summed E-state index contributed by atoms with van der Waals surface area (Å²) in [6.45, 7) is 1.96. The molecule has 166 valence electrons. The van der Waals surface area contributed by atoms with Gasteiger partial charge in [0.2, 0.25) is 5.91 Å². The summed E-state index contributed by atoms with van der Waals surface area (Å²) in [5.74, 6) is 0.436. The Balaban J connectivity index is 1.30. The molecule has 0 radical (unpaired) electrons. The summed E-state index contributed by atoms with van der Waals surface area (Å²) in [7, 11) is 1.84. The van der Waals surface area contributed by atoms with Crippen molar-refractivity contribution in [3.63, 3.8) is 0 Å². The van der Waals surface area contributed by atoms with Gasteiger partial charge in [0.1, 0.15) is 0 Å². The van der Waals surface area contributed by atoms with Gasteiger partial charge < -0.3 is 10.2 Å². The van der Waals surface area contributed by atoms with Crippen molar-refractivity contribution in [2.45, 2.75) is 32.2 Å². The second-order valence-corrected chi connectivity index (χ2v) is 8.36. The molecule has 0 unspecified atom stereocenters. The average Bonchev–Trinajstić information content (AvgIpc) is 3.19. The van der Waals surface area contributed by atoms with E-state index in [0.717, 1.165) is 49.3 Å². The molecule has 7 heteroatoms. The zero-order valence-electron chi connectivity index (χ0n) is 18.4. The molecule has 1 N–H and O–H groups in total. The van der Waals surface area contributed by atoms with E-state index >= 15 is 0 Å². The normalized spacial score (nSPS) is 14.3. The Bertz CT molecular complexity index is 1040. The third-order valence-corrected chi connectivity index (χ3v) is 5.95. The van der Waals surface area contributed by atoms with Crippen molar-refractivity contribution in [3.05, 3.63) is 83.4 Å². The smallest absolute Gasteiger partial charge is 0.255 e. The maximum atomic E-state index is 12.8. The van der Waals surface area contributed by atoms with Crippen LogP contribution < -0.4 is 5.32 Å². The number of aryl methyl sites for hydroxylation is 1. The molecule has 2 aromatic heterocycles. The Morgan fingerprint density at radius 3 is 2.53 bits per heavy atom. The summed E-state index contributed by atoms with van der Waals surface area (Å²) in [4.78, 5) is 31.5. The third-order valence-electron chi connectivity index (χ3n) is 5.95. The second-order valence-electron chi connectivity index (χ2n) is 8.36. The number of amides is 2. The van der Waals surface area contributed by atoms with Gasteiger partial charge in [-0.25, -0.2) is 0 Å². The minimum atomic E-state index is -0.0973. The Labute approximate surface area is 188 Å². The first-order valence-corrected chi connectivity index (χ1v) is 11.1. The van der Waals surface area contributed by atoms with E-state index in [1.54, 1.807) is 17.1 Å². The molecule has 0 atom stereocenters. The molecule has 0 aliphatic carbocycles. The van der Waals surface area contributed by atoms with Crippen molar-refractivity contribution in [2.24, 2.45) is 13.0 Å². The second kappa shape index (κ2) is 10.2. The molecule has 32 heavy (non-hydrogen) atoms. The molecule has 1 aliphatic heterocycles. The number of hydrogen-bond donors (Lipinski definition) is 1. The predicted octanol–water partition coefficient (Wildman–Crippen LogP) is 2.77. The molecule has 0 saturated carbocycles. The number of aromatic nitrogens is 3. The van der Waals surface area contributed by atoms with Gasteiger partial charge in [0.05, 0.1) is 17.7 Å². The molecule has 1 fully saturated rings.